The van der Waals surface area contributed by atoms with Gasteiger partial charge in [0.05, 0.1) is 19.1 Å². The standard InChI is InChI=1S/C14H17BrFNO3/c1-2-17(13-8-20-7-12(13)14(18)19)6-9-3-10(15)5-11(16)4-9/h3-5,12-13H,2,6-8H2,1H3,(H,18,19). The second-order valence-corrected chi connectivity index (χ2v) is 5.81. The summed E-state index contributed by atoms with van der Waals surface area (Å²) in [5.74, 6) is -1.67. The molecule has 0 saturated carbocycles. The summed E-state index contributed by atoms with van der Waals surface area (Å²) in [5, 5.41) is 9.21. The average molecular weight is 346 g/mol. The summed E-state index contributed by atoms with van der Waals surface area (Å²) < 4.78 is 19.4. The maximum absolute atomic E-state index is 13.4. The Balaban J connectivity index is 2.14. The van der Waals surface area contributed by atoms with Gasteiger partial charge in [0, 0.05) is 17.1 Å². The van der Waals surface area contributed by atoms with Crippen molar-refractivity contribution in [1.29, 1.82) is 0 Å². The normalized spacial score (nSPS) is 22.4. The van der Waals surface area contributed by atoms with Crippen molar-refractivity contribution in [2.24, 2.45) is 5.92 Å². The van der Waals surface area contributed by atoms with Crippen molar-refractivity contribution in [3.8, 4) is 0 Å². The van der Waals surface area contributed by atoms with Crippen molar-refractivity contribution in [2.45, 2.75) is 19.5 Å². The molecule has 110 valence electrons. The molecule has 1 aliphatic rings. The number of halogens is 2. The third-order valence-electron chi connectivity index (χ3n) is 3.55. The summed E-state index contributed by atoms with van der Waals surface area (Å²) in [5.41, 5.74) is 0.815. The molecule has 1 aromatic rings. The Hall–Kier alpha value is -0.980. The predicted octanol–water partition coefficient (Wildman–Crippen LogP) is 2.51. The highest BCUT2D eigenvalue weighted by Gasteiger charge is 2.37. The molecule has 4 nitrogen and oxygen atoms in total. The first kappa shape index (κ1) is 15.4. The van der Waals surface area contributed by atoms with E-state index in [9.17, 15) is 14.3 Å². The van der Waals surface area contributed by atoms with Gasteiger partial charge in [0.1, 0.15) is 5.82 Å². The molecule has 1 aromatic carbocycles. The Morgan fingerprint density at radius 2 is 2.25 bits per heavy atom. The largest absolute Gasteiger partial charge is 0.481 e. The lowest BCUT2D eigenvalue weighted by Gasteiger charge is -2.29. The molecule has 0 aromatic heterocycles. The Labute approximate surface area is 125 Å². The van der Waals surface area contributed by atoms with Gasteiger partial charge < -0.3 is 9.84 Å². The fourth-order valence-electron chi connectivity index (χ4n) is 2.54. The highest BCUT2D eigenvalue weighted by Crippen LogP contribution is 2.23. The zero-order valence-corrected chi connectivity index (χ0v) is 12.8. The van der Waals surface area contributed by atoms with Crippen LogP contribution in [0, 0.1) is 11.7 Å². The van der Waals surface area contributed by atoms with Gasteiger partial charge in [-0.1, -0.05) is 22.9 Å². The number of carboxylic acids is 1. The van der Waals surface area contributed by atoms with Gasteiger partial charge in [-0.2, -0.15) is 0 Å². The minimum Gasteiger partial charge on any atom is -0.481 e. The molecular formula is C14H17BrFNO3. The summed E-state index contributed by atoms with van der Waals surface area (Å²) in [7, 11) is 0. The highest BCUT2D eigenvalue weighted by molar-refractivity contribution is 9.10. The average Bonchev–Trinajstić information content (AvgIpc) is 2.83. The van der Waals surface area contributed by atoms with E-state index in [1.54, 1.807) is 0 Å². The molecule has 20 heavy (non-hydrogen) atoms. The van der Waals surface area contributed by atoms with Gasteiger partial charge in [-0.3, -0.25) is 9.69 Å². The third-order valence-corrected chi connectivity index (χ3v) is 4.01. The van der Waals surface area contributed by atoms with Crippen LogP contribution in [0.15, 0.2) is 22.7 Å². The van der Waals surface area contributed by atoms with Crippen LogP contribution in [0.1, 0.15) is 12.5 Å². The lowest BCUT2D eigenvalue weighted by Crippen LogP contribution is -2.42. The molecule has 1 fully saturated rings. The Bertz CT molecular complexity index is 477. The van der Waals surface area contributed by atoms with E-state index in [0.29, 0.717) is 24.2 Å². The van der Waals surface area contributed by atoms with E-state index in [4.69, 9.17) is 4.74 Å². The molecule has 0 spiro atoms. The van der Waals surface area contributed by atoms with Crippen LogP contribution in [0.4, 0.5) is 4.39 Å². The molecule has 0 bridgehead atoms. The van der Waals surface area contributed by atoms with E-state index >= 15 is 0 Å². The molecule has 0 amide bonds. The maximum atomic E-state index is 13.4. The second kappa shape index (κ2) is 6.65. The minimum absolute atomic E-state index is 0.167. The zero-order valence-electron chi connectivity index (χ0n) is 11.2. The summed E-state index contributed by atoms with van der Waals surface area (Å²) in [4.78, 5) is 13.2. The minimum atomic E-state index is -0.841. The first-order valence-electron chi connectivity index (χ1n) is 6.50. The molecule has 2 unspecified atom stereocenters. The number of rotatable bonds is 5. The lowest BCUT2D eigenvalue weighted by atomic mass is 10.0. The topological polar surface area (TPSA) is 49.8 Å². The Morgan fingerprint density at radius 3 is 2.85 bits per heavy atom. The molecule has 1 aliphatic heterocycles. The van der Waals surface area contributed by atoms with Crippen LogP contribution in [-0.2, 0) is 16.1 Å². The Morgan fingerprint density at radius 1 is 1.50 bits per heavy atom. The first-order valence-corrected chi connectivity index (χ1v) is 7.30. The van der Waals surface area contributed by atoms with Gasteiger partial charge >= 0.3 is 5.97 Å². The van der Waals surface area contributed by atoms with Crippen LogP contribution >= 0.6 is 15.9 Å². The second-order valence-electron chi connectivity index (χ2n) is 4.89. The monoisotopic (exact) mass is 345 g/mol. The summed E-state index contributed by atoms with van der Waals surface area (Å²) >= 11 is 3.27. The van der Waals surface area contributed by atoms with Crippen LogP contribution in [0.3, 0.4) is 0 Å². The van der Waals surface area contributed by atoms with Crippen molar-refractivity contribution in [2.75, 3.05) is 19.8 Å². The smallest absolute Gasteiger partial charge is 0.310 e. The van der Waals surface area contributed by atoms with Gasteiger partial charge in [-0.15, -0.1) is 0 Å². The highest BCUT2D eigenvalue weighted by atomic mass is 79.9. The Kier molecular flexibility index (Phi) is 5.12. The van der Waals surface area contributed by atoms with Crippen molar-refractivity contribution in [3.05, 3.63) is 34.1 Å². The van der Waals surface area contributed by atoms with E-state index in [2.05, 4.69) is 15.9 Å². The van der Waals surface area contributed by atoms with E-state index in [1.807, 2.05) is 17.9 Å². The van der Waals surface area contributed by atoms with Gasteiger partial charge in [0.15, 0.2) is 0 Å². The molecule has 1 heterocycles. The number of hydrogen-bond donors (Lipinski definition) is 1. The molecule has 2 atom stereocenters. The van der Waals surface area contributed by atoms with Crippen LogP contribution < -0.4 is 0 Å². The summed E-state index contributed by atoms with van der Waals surface area (Å²) in [6.45, 7) is 3.80. The molecule has 0 aliphatic carbocycles. The SMILES string of the molecule is CCN(Cc1cc(F)cc(Br)c1)C1COCC1C(=O)O. The predicted molar refractivity (Wildman–Crippen MR) is 75.9 cm³/mol. The first-order chi connectivity index (χ1) is 9.51. The molecule has 1 saturated heterocycles. The molecule has 2 rings (SSSR count). The molecule has 6 heteroatoms. The fraction of sp³-hybridized carbons (Fsp3) is 0.500. The van der Waals surface area contributed by atoms with Crippen molar-refractivity contribution in [3.63, 3.8) is 0 Å². The number of likely N-dealkylation sites (N-methyl/N-ethyl adjacent to an activating group) is 1. The van der Waals surface area contributed by atoms with Gasteiger partial charge in [0.25, 0.3) is 0 Å². The lowest BCUT2D eigenvalue weighted by molar-refractivity contribution is -0.143. The van der Waals surface area contributed by atoms with Gasteiger partial charge in [-0.05, 0) is 30.3 Å². The number of ether oxygens (including phenoxy) is 1. The molecular weight excluding hydrogens is 329 g/mol. The van der Waals surface area contributed by atoms with E-state index in [1.165, 1.54) is 12.1 Å². The van der Waals surface area contributed by atoms with Crippen LogP contribution in [-0.4, -0.2) is 41.8 Å². The summed E-state index contributed by atoms with van der Waals surface area (Å²) in [6, 6.07) is 4.55. The number of benzene rings is 1. The van der Waals surface area contributed by atoms with Crippen LogP contribution in [0.2, 0.25) is 0 Å². The van der Waals surface area contributed by atoms with Crippen molar-refractivity contribution >= 4 is 21.9 Å². The number of nitrogens with zero attached hydrogens (tertiary/aromatic N) is 1. The summed E-state index contributed by atoms with van der Waals surface area (Å²) in [6.07, 6.45) is 0. The fourth-order valence-corrected chi connectivity index (χ4v) is 3.05. The maximum Gasteiger partial charge on any atom is 0.310 e. The van der Waals surface area contributed by atoms with Crippen molar-refractivity contribution < 1.29 is 19.0 Å². The van der Waals surface area contributed by atoms with Gasteiger partial charge in [-0.25, -0.2) is 4.39 Å². The third kappa shape index (κ3) is 3.56. The number of aliphatic carboxylic acids is 1. The number of hydrogen-bond acceptors (Lipinski definition) is 3. The quantitative estimate of drug-likeness (QED) is 0.890. The van der Waals surface area contributed by atoms with E-state index < -0.39 is 11.9 Å². The zero-order chi connectivity index (χ0) is 14.7. The number of carbonyl (C=O) groups is 1. The van der Waals surface area contributed by atoms with E-state index in [0.717, 1.165) is 5.56 Å². The molecule has 0 radical (unpaired) electrons. The van der Waals surface area contributed by atoms with Crippen LogP contribution in [0.5, 0.6) is 0 Å². The molecule has 1 N–H and O–H groups in total. The van der Waals surface area contributed by atoms with Crippen molar-refractivity contribution in [1.82, 2.24) is 4.90 Å². The van der Waals surface area contributed by atoms with Gasteiger partial charge in [0.2, 0.25) is 0 Å². The van der Waals surface area contributed by atoms with E-state index in [-0.39, 0.29) is 18.5 Å². The van der Waals surface area contributed by atoms with Crippen LogP contribution in [0.25, 0.3) is 0 Å². The number of carboxylic acid groups (broad SMARTS) is 1.